The quantitative estimate of drug-likeness (QED) is 0.127. The highest BCUT2D eigenvalue weighted by Crippen LogP contribution is 2.42. The third kappa shape index (κ3) is 7.76. The van der Waals surface area contributed by atoms with E-state index in [1.165, 1.54) is 24.8 Å². The number of unbranched alkanes of at least 4 members (excludes halogenated alkanes) is 1. The van der Waals surface area contributed by atoms with Crippen molar-refractivity contribution in [3.63, 3.8) is 0 Å². The summed E-state index contributed by atoms with van der Waals surface area (Å²) < 4.78 is 1.37. The first-order valence-corrected chi connectivity index (χ1v) is 20.7. The molecule has 5 nitrogen and oxygen atoms in total. The number of benzene rings is 3. The Balaban J connectivity index is 1.12. The van der Waals surface area contributed by atoms with Crippen molar-refractivity contribution in [3.05, 3.63) is 153 Å². The fourth-order valence-corrected chi connectivity index (χ4v) is 9.85. The first kappa shape index (κ1) is 36.9. The molecule has 0 aliphatic heterocycles. The van der Waals surface area contributed by atoms with Crippen LogP contribution in [0.1, 0.15) is 50.0 Å². The lowest BCUT2D eigenvalue weighted by molar-refractivity contribution is 0.338. The standard InChI is InChI=1S/C46H41N3O2S3/c1-4-6-13-32(5-2)30-48-45(50)38(31(3)39(29-47)46(48)51)28-37-22-23-41(52-37)42-26-27-44(54-42)43-25-24-40(53-43)33-18-20-36(21-19-33)49(34-14-9-7-10-15-34)35-16-11-8-12-17-35/h7-12,14-28,32,51H,3-6,13,30H2,1-2H3/b38-28-. The molecule has 1 unspecified atom stereocenters. The van der Waals surface area contributed by atoms with E-state index in [9.17, 15) is 15.2 Å². The summed E-state index contributed by atoms with van der Waals surface area (Å²) in [7, 11) is 0. The summed E-state index contributed by atoms with van der Waals surface area (Å²) >= 11 is 5.13. The number of hydrogen-bond acceptors (Lipinski definition) is 7. The van der Waals surface area contributed by atoms with E-state index >= 15 is 0 Å². The second-order valence-corrected chi connectivity index (χ2v) is 16.5. The number of aromatic nitrogens is 1. The highest BCUT2D eigenvalue weighted by atomic mass is 32.1. The minimum absolute atomic E-state index is 0.0541. The zero-order valence-electron chi connectivity index (χ0n) is 30.4. The molecule has 0 saturated heterocycles. The second-order valence-electron chi connectivity index (χ2n) is 13.3. The SMILES string of the molecule is C=c1c(C#N)c(O)n(CC(CC)CCCC)c(=O)/c1=C\c1ccc(-c2ccc(-c3ccc(-c4ccc(N(c5ccccc5)c5ccccc5)cc4)s3)s2)s1. The van der Waals surface area contributed by atoms with Crippen molar-refractivity contribution >= 4 is 63.7 Å². The van der Waals surface area contributed by atoms with E-state index in [4.69, 9.17) is 0 Å². The van der Waals surface area contributed by atoms with E-state index in [1.807, 2.05) is 24.3 Å². The molecule has 1 N–H and O–H groups in total. The third-order valence-electron chi connectivity index (χ3n) is 9.73. The molecule has 0 saturated carbocycles. The molecule has 4 aromatic heterocycles. The Bertz CT molecular complexity index is 2540. The Morgan fingerprint density at radius 2 is 1.30 bits per heavy atom. The maximum Gasteiger partial charge on any atom is 0.261 e. The van der Waals surface area contributed by atoms with Crippen LogP contribution in [0.2, 0.25) is 0 Å². The van der Waals surface area contributed by atoms with E-state index in [0.29, 0.717) is 11.8 Å². The Morgan fingerprint density at radius 3 is 1.87 bits per heavy atom. The van der Waals surface area contributed by atoms with Gasteiger partial charge in [0.25, 0.3) is 5.56 Å². The highest BCUT2D eigenvalue weighted by Gasteiger charge is 2.18. The number of pyridine rings is 1. The van der Waals surface area contributed by atoms with Gasteiger partial charge in [0.1, 0.15) is 11.6 Å². The predicted molar refractivity (Wildman–Crippen MR) is 230 cm³/mol. The van der Waals surface area contributed by atoms with E-state index in [-0.39, 0.29) is 28.1 Å². The number of nitrogens with zero attached hydrogens (tertiary/aromatic N) is 3. The molecule has 1 atom stereocenters. The molecular formula is C46H41N3O2S3. The smallest absolute Gasteiger partial charge is 0.261 e. The van der Waals surface area contributed by atoms with Crippen LogP contribution in [0.25, 0.3) is 42.6 Å². The zero-order valence-corrected chi connectivity index (χ0v) is 32.8. The molecule has 54 heavy (non-hydrogen) atoms. The maximum absolute atomic E-state index is 13.7. The predicted octanol–water partition coefficient (Wildman–Crippen LogP) is 11.5. The molecule has 0 radical (unpaired) electrons. The van der Waals surface area contributed by atoms with Gasteiger partial charge in [0.05, 0.1) is 0 Å². The van der Waals surface area contributed by atoms with Crippen LogP contribution in [0.15, 0.2) is 126 Å². The first-order valence-electron chi connectivity index (χ1n) is 18.3. The summed E-state index contributed by atoms with van der Waals surface area (Å²) in [5.41, 5.74) is 4.24. The van der Waals surface area contributed by atoms with E-state index in [2.05, 4.69) is 135 Å². The molecule has 0 amide bonds. The number of hydrogen-bond donors (Lipinski definition) is 1. The number of anilines is 3. The fraction of sp³-hybridized carbons (Fsp3) is 0.174. The van der Waals surface area contributed by atoms with Crippen LogP contribution in [0, 0.1) is 17.2 Å². The average Bonchev–Trinajstić information content (AvgIpc) is 4.00. The number of aromatic hydroxyl groups is 1. The van der Waals surface area contributed by atoms with Gasteiger partial charge in [0, 0.05) is 63.3 Å². The van der Waals surface area contributed by atoms with Gasteiger partial charge in [-0.15, -0.1) is 34.0 Å². The highest BCUT2D eigenvalue weighted by molar-refractivity contribution is 7.27. The molecule has 8 heteroatoms. The lowest BCUT2D eigenvalue weighted by Gasteiger charge is -2.25. The molecule has 3 aromatic carbocycles. The lowest BCUT2D eigenvalue weighted by atomic mass is 9.99. The van der Waals surface area contributed by atoms with E-state index < -0.39 is 0 Å². The number of thiophene rings is 3. The summed E-state index contributed by atoms with van der Waals surface area (Å²) in [6.45, 7) is 8.66. The minimum Gasteiger partial charge on any atom is -0.493 e. The van der Waals surface area contributed by atoms with Crippen molar-refractivity contribution in [2.24, 2.45) is 5.92 Å². The summed E-state index contributed by atoms with van der Waals surface area (Å²) in [4.78, 5) is 22.8. The average molecular weight is 764 g/mol. The van der Waals surface area contributed by atoms with Crippen LogP contribution >= 0.6 is 34.0 Å². The van der Waals surface area contributed by atoms with Gasteiger partial charge in [-0.3, -0.25) is 9.36 Å². The topological polar surface area (TPSA) is 69.3 Å². The van der Waals surface area contributed by atoms with Gasteiger partial charge in [0.15, 0.2) is 0 Å². The third-order valence-corrected chi connectivity index (χ3v) is 13.4. The van der Waals surface area contributed by atoms with Gasteiger partial charge in [-0.1, -0.05) is 88.2 Å². The van der Waals surface area contributed by atoms with Gasteiger partial charge >= 0.3 is 0 Å². The molecule has 7 rings (SSSR count). The molecule has 4 heterocycles. The van der Waals surface area contributed by atoms with Crippen LogP contribution in [-0.4, -0.2) is 9.67 Å². The van der Waals surface area contributed by atoms with Crippen LogP contribution in [0.4, 0.5) is 17.1 Å². The Hall–Kier alpha value is -5.46. The van der Waals surface area contributed by atoms with E-state index in [0.717, 1.165) is 57.4 Å². The molecule has 0 aliphatic carbocycles. The van der Waals surface area contributed by atoms with Gasteiger partial charge < -0.3 is 10.0 Å². The Morgan fingerprint density at radius 1 is 0.759 bits per heavy atom. The van der Waals surface area contributed by atoms with Gasteiger partial charge in [-0.2, -0.15) is 5.26 Å². The van der Waals surface area contributed by atoms with Gasteiger partial charge in [-0.25, -0.2) is 0 Å². The molecule has 0 spiro atoms. The van der Waals surface area contributed by atoms with Crippen LogP contribution in [0.5, 0.6) is 5.88 Å². The zero-order chi connectivity index (χ0) is 37.6. The number of rotatable bonds is 13. The number of nitriles is 1. The monoisotopic (exact) mass is 763 g/mol. The van der Waals surface area contributed by atoms with Crippen LogP contribution in [-0.2, 0) is 6.54 Å². The first-order chi connectivity index (χ1) is 26.4. The van der Waals surface area contributed by atoms with Crippen molar-refractivity contribution in [2.45, 2.75) is 46.1 Å². The number of para-hydroxylation sites is 2. The lowest BCUT2D eigenvalue weighted by Crippen LogP contribution is -2.46. The Labute approximate surface area is 328 Å². The van der Waals surface area contributed by atoms with E-state index in [1.54, 1.807) is 34.0 Å². The summed E-state index contributed by atoms with van der Waals surface area (Å²) in [5.74, 6) is -0.0511. The fourth-order valence-electron chi connectivity index (χ4n) is 6.70. The molecule has 0 bridgehead atoms. The molecule has 7 aromatic rings. The van der Waals surface area contributed by atoms with Crippen molar-refractivity contribution in [2.75, 3.05) is 4.90 Å². The summed E-state index contributed by atoms with van der Waals surface area (Å²) in [6.07, 6.45) is 5.79. The second kappa shape index (κ2) is 16.7. The minimum atomic E-state index is -0.312. The summed E-state index contributed by atoms with van der Waals surface area (Å²) in [5, 5.41) is 21.4. The molecular weight excluding hydrogens is 723 g/mol. The molecule has 270 valence electrons. The normalized spacial score (nSPS) is 12.1. The van der Waals surface area contributed by atoms with Crippen molar-refractivity contribution in [1.29, 1.82) is 5.26 Å². The maximum atomic E-state index is 13.7. The van der Waals surface area contributed by atoms with Gasteiger partial charge in [-0.05, 0) is 96.8 Å². The van der Waals surface area contributed by atoms with Gasteiger partial charge in [0.2, 0.25) is 5.88 Å². The van der Waals surface area contributed by atoms with Crippen molar-refractivity contribution in [3.8, 4) is 41.9 Å². The Kier molecular flexibility index (Phi) is 11.4. The summed E-state index contributed by atoms with van der Waals surface area (Å²) in [6, 6.07) is 44.5. The van der Waals surface area contributed by atoms with Crippen molar-refractivity contribution in [1.82, 2.24) is 4.57 Å². The largest absolute Gasteiger partial charge is 0.493 e. The van der Waals surface area contributed by atoms with Crippen LogP contribution in [0.3, 0.4) is 0 Å². The van der Waals surface area contributed by atoms with Crippen LogP contribution < -0.4 is 20.9 Å². The molecule has 0 fully saturated rings. The van der Waals surface area contributed by atoms with Crippen molar-refractivity contribution < 1.29 is 5.11 Å². The molecule has 0 aliphatic rings.